The molecule has 16 heavy (non-hydrogen) atoms. The van der Waals surface area contributed by atoms with Gasteiger partial charge < -0.3 is 11.1 Å². The van der Waals surface area contributed by atoms with Gasteiger partial charge in [0.25, 0.3) is 0 Å². The monoisotopic (exact) mass is 234 g/mol. The minimum Gasteiger partial charge on any atom is -0.382 e. The van der Waals surface area contributed by atoms with Crippen LogP contribution in [0.4, 0.5) is 17.3 Å². The molecule has 0 spiro atoms. The van der Waals surface area contributed by atoms with E-state index in [1.807, 2.05) is 31.2 Å². The zero-order valence-corrected chi connectivity index (χ0v) is 9.49. The summed E-state index contributed by atoms with van der Waals surface area (Å²) in [4.78, 5) is 7.84. The molecule has 0 aliphatic rings. The first kappa shape index (κ1) is 10.7. The topological polar surface area (TPSA) is 63.8 Å². The lowest BCUT2D eigenvalue weighted by atomic mass is 10.2. The van der Waals surface area contributed by atoms with Gasteiger partial charge in [-0.1, -0.05) is 29.8 Å². The summed E-state index contributed by atoms with van der Waals surface area (Å²) in [5.41, 5.74) is 7.64. The van der Waals surface area contributed by atoms with E-state index in [4.69, 9.17) is 17.3 Å². The van der Waals surface area contributed by atoms with Gasteiger partial charge in [0.05, 0.1) is 0 Å². The third kappa shape index (κ3) is 2.06. The molecular weight excluding hydrogens is 224 g/mol. The molecule has 1 aromatic carbocycles. The van der Waals surface area contributed by atoms with Gasteiger partial charge in [-0.2, -0.15) is 0 Å². The van der Waals surface area contributed by atoms with E-state index in [1.165, 1.54) is 6.33 Å². The number of nitrogens with zero attached hydrogens (tertiary/aromatic N) is 2. The Balaban J connectivity index is 2.35. The van der Waals surface area contributed by atoms with Gasteiger partial charge in [-0.15, -0.1) is 0 Å². The SMILES string of the molecule is Cc1ccccc1Nc1ncnc(N)c1Cl. The average Bonchev–Trinajstić information content (AvgIpc) is 2.28. The maximum absolute atomic E-state index is 5.98. The second-order valence-corrected chi connectivity index (χ2v) is 3.74. The fourth-order valence-electron chi connectivity index (χ4n) is 1.31. The van der Waals surface area contributed by atoms with Crippen molar-refractivity contribution in [2.24, 2.45) is 0 Å². The first-order chi connectivity index (χ1) is 7.68. The normalized spacial score (nSPS) is 10.1. The summed E-state index contributed by atoms with van der Waals surface area (Å²) in [6, 6.07) is 7.86. The molecule has 0 atom stereocenters. The lowest BCUT2D eigenvalue weighted by Crippen LogP contribution is -2.00. The molecule has 1 heterocycles. The van der Waals surface area contributed by atoms with Crippen molar-refractivity contribution in [1.29, 1.82) is 0 Å². The molecule has 0 saturated heterocycles. The number of aromatic nitrogens is 2. The molecule has 2 aromatic rings. The molecule has 0 amide bonds. The number of benzene rings is 1. The molecule has 0 saturated carbocycles. The summed E-state index contributed by atoms with van der Waals surface area (Å²) < 4.78 is 0. The molecule has 0 aliphatic heterocycles. The smallest absolute Gasteiger partial charge is 0.154 e. The quantitative estimate of drug-likeness (QED) is 0.839. The molecule has 5 heteroatoms. The first-order valence-electron chi connectivity index (χ1n) is 4.77. The number of para-hydroxylation sites is 1. The summed E-state index contributed by atoms with van der Waals surface area (Å²) in [5.74, 6) is 0.788. The van der Waals surface area contributed by atoms with E-state index >= 15 is 0 Å². The maximum atomic E-state index is 5.98. The van der Waals surface area contributed by atoms with Crippen molar-refractivity contribution in [3.05, 3.63) is 41.2 Å². The Bertz CT molecular complexity index is 513. The number of nitrogens with one attached hydrogen (secondary N) is 1. The van der Waals surface area contributed by atoms with Gasteiger partial charge in [0.1, 0.15) is 17.2 Å². The van der Waals surface area contributed by atoms with Crippen LogP contribution < -0.4 is 11.1 Å². The van der Waals surface area contributed by atoms with E-state index < -0.39 is 0 Å². The molecular formula is C11H11ClN4. The number of nitrogens with two attached hydrogens (primary N) is 1. The third-order valence-electron chi connectivity index (χ3n) is 2.21. The fourth-order valence-corrected chi connectivity index (χ4v) is 1.46. The van der Waals surface area contributed by atoms with E-state index in [9.17, 15) is 0 Å². The van der Waals surface area contributed by atoms with Crippen LogP contribution in [0, 0.1) is 6.92 Å². The number of aryl methyl sites for hydroxylation is 1. The number of halogens is 1. The van der Waals surface area contributed by atoms with Gasteiger partial charge in [0, 0.05) is 5.69 Å². The van der Waals surface area contributed by atoms with Gasteiger partial charge >= 0.3 is 0 Å². The van der Waals surface area contributed by atoms with Crippen LogP contribution in [0.3, 0.4) is 0 Å². The second-order valence-electron chi connectivity index (χ2n) is 3.36. The molecule has 0 fully saturated rings. The van der Waals surface area contributed by atoms with Gasteiger partial charge in [0.2, 0.25) is 0 Å². The summed E-state index contributed by atoms with van der Waals surface area (Å²) in [6.07, 6.45) is 1.38. The zero-order valence-electron chi connectivity index (χ0n) is 8.74. The lowest BCUT2D eigenvalue weighted by Gasteiger charge is -2.10. The van der Waals surface area contributed by atoms with Crippen molar-refractivity contribution >= 4 is 28.9 Å². The van der Waals surface area contributed by atoms with Gasteiger partial charge in [-0.25, -0.2) is 9.97 Å². The van der Waals surface area contributed by atoms with Crippen molar-refractivity contribution in [3.8, 4) is 0 Å². The van der Waals surface area contributed by atoms with Crippen LogP contribution in [0.15, 0.2) is 30.6 Å². The van der Waals surface area contributed by atoms with Crippen LogP contribution in [0.2, 0.25) is 5.02 Å². The van der Waals surface area contributed by atoms with E-state index in [0.29, 0.717) is 10.8 Å². The molecule has 0 unspecified atom stereocenters. The molecule has 3 N–H and O–H groups in total. The summed E-state index contributed by atoms with van der Waals surface area (Å²) in [5, 5.41) is 3.46. The highest BCUT2D eigenvalue weighted by Crippen LogP contribution is 2.27. The van der Waals surface area contributed by atoms with E-state index in [-0.39, 0.29) is 5.82 Å². The minimum absolute atomic E-state index is 0.271. The van der Waals surface area contributed by atoms with E-state index in [2.05, 4.69) is 15.3 Å². The van der Waals surface area contributed by atoms with E-state index in [1.54, 1.807) is 0 Å². The Morgan fingerprint density at radius 3 is 2.75 bits per heavy atom. The van der Waals surface area contributed by atoms with Crippen molar-refractivity contribution in [2.45, 2.75) is 6.92 Å². The molecule has 4 nitrogen and oxygen atoms in total. The molecule has 82 valence electrons. The molecule has 0 bridgehead atoms. The Morgan fingerprint density at radius 2 is 2.00 bits per heavy atom. The fraction of sp³-hybridized carbons (Fsp3) is 0.0909. The van der Waals surface area contributed by atoms with Crippen molar-refractivity contribution < 1.29 is 0 Å². The highest BCUT2D eigenvalue weighted by Gasteiger charge is 2.07. The van der Waals surface area contributed by atoms with Crippen molar-refractivity contribution in [1.82, 2.24) is 9.97 Å². The van der Waals surface area contributed by atoms with Gasteiger partial charge in [-0.05, 0) is 18.6 Å². The van der Waals surface area contributed by atoms with Gasteiger partial charge in [-0.3, -0.25) is 0 Å². The predicted molar refractivity (Wildman–Crippen MR) is 65.9 cm³/mol. The first-order valence-corrected chi connectivity index (χ1v) is 5.15. The summed E-state index contributed by atoms with van der Waals surface area (Å²) >= 11 is 5.98. The van der Waals surface area contributed by atoms with Crippen molar-refractivity contribution in [3.63, 3.8) is 0 Å². The average molecular weight is 235 g/mol. The van der Waals surface area contributed by atoms with Crippen molar-refractivity contribution in [2.75, 3.05) is 11.1 Å². The summed E-state index contributed by atoms with van der Waals surface area (Å²) in [6.45, 7) is 2.00. The van der Waals surface area contributed by atoms with Crippen LogP contribution in [-0.2, 0) is 0 Å². The number of hydrogen-bond acceptors (Lipinski definition) is 4. The van der Waals surface area contributed by atoms with E-state index in [0.717, 1.165) is 11.3 Å². The molecule has 1 aromatic heterocycles. The van der Waals surface area contributed by atoms with Crippen LogP contribution >= 0.6 is 11.6 Å². The zero-order chi connectivity index (χ0) is 11.5. The summed E-state index contributed by atoms with van der Waals surface area (Å²) in [7, 11) is 0. The lowest BCUT2D eigenvalue weighted by molar-refractivity contribution is 1.17. The standard InChI is InChI=1S/C11H11ClN4/c1-7-4-2-3-5-8(7)16-11-9(12)10(13)14-6-15-11/h2-6H,1H3,(H3,13,14,15,16). The Morgan fingerprint density at radius 1 is 1.25 bits per heavy atom. The van der Waals surface area contributed by atoms with Gasteiger partial charge in [0.15, 0.2) is 5.82 Å². The van der Waals surface area contributed by atoms with Crippen LogP contribution in [-0.4, -0.2) is 9.97 Å². The Labute approximate surface area is 98.5 Å². The number of rotatable bonds is 2. The molecule has 0 radical (unpaired) electrons. The number of nitrogen functional groups attached to an aromatic ring is 1. The largest absolute Gasteiger partial charge is 0.382 e. The molecule has 0 aliphatic carbocycles. The number of anilines is 3. The molecule has 2 rings (SSSR count). The second kappa shape index (κ2) is 4.37. The van der Waals surface area contributed by atoms with Crippen LogP contribution in [0.1, 0.15) is 5.56 Å². The maximum Gasteiger partial charge on any atom is 0.154 e. The highest BCUT2D eigenvalue weighted by atomic mass is 35.5. The van der Waals surface area contributed by atoms with Crippen LogP contribution in [0.5, 0.6) is 0 Å². The highest BCUT2D eigenvalue weighted by molar-refractivity contribution is 6.35. The Kier molecular flexibility index (Phi) is 2.92. The minimum atomic E-state index is 0.271. The predicted octanol–water partition coefficient (Wildman–Crippen LogP) is 2.76. The Hall–Kier alpha value is -1.81. The third-order valence-corrected chi connectivity index (χ3v) is 2.59. The number of hydrogen-bond donors (Lipinski definition) is 2. The van der Waals surface area contributed by atoms with Crippen LogP contribution in [0.25, 0.3) is 0 Å².